The zero-order valence-electron chi connectivity index (χ0n) is 10.0. The lowest BCUT2D eigenvalue weighted by Crippen LogP contribution is -2.34. The normalized spacial score (nSPS) is 12.5. The molecule has 1 N–H and O–H groups in total. The third kappa shape index (κ3) is 4.89. The van der Waals surface area contributed by atoms with Gasteiger partial charge in [0.05, 0.1) is 11.6 Å². The third-order valence-electron chi connectivity index (χ3n) is 2.17. The molecule has 0 bridgehead atoms. The van der Waals surface area contributed by atoms with Crippen LogP contribution in [0.5, 0.6) is 5.75 Å². The average molecular weight is 262 g/mol. The highest BCUT2D eigenvalue weighted by atomic mass is 35.5. The monoisotopic (exact) mass is 261 g/mol. The van der Waals surface area contributed by atoms with Crippen LogP contribution in [0.4, 0.5) is 4.39 Å². The Kier molecular flexibility index (Phi) is 6.26. The van der Waals surface area contributed by atoms with Crippen molar-refractivity contribution in [3.05, 3.63) is 29.0 Å². The van der Waals surface area contributed by atoms with Crippen molar-refractivity contribution in [3.8, 4) is 5.75 Å². The summed E-state index contributed by atoms with van der Waals surface area (Å²) in [7, 11) is 1.60. The first kappa shape index (κ1) is 14.2. The van der Waals surface area contributed by atoms with Gasteiger partial charge in [-0.2, -0.15) is 0 Å². The molecule has 96 valence electrons. The molecule has 0 amide bonds. The molecule has 3 nitrogen and oxygen atoms in total. The second-order valence-corrected chi connectivity index (χ2v) is 3.99. The number of nitrogens with one attached hydrogen (secondary N) is 1. The Balaban J connectivity index is 2.61. The van der Waals surface area contributed by atoms with E-state index in [0.29, 0.717) is 18.9 Å². The van der Waals surface area contributed by atoms with Gasteiger partial charge in [-0.15, -0.1) is 0 Å². The van der Waals surface area contributed by atoms with E-state index in [1.54, 1.807) is 13.2 Å². The maximum atomic E-state index is 13.2. The highest BCUT2D eigenvalue weighted by Gasteiger charge is 2.11. The van der Waals surface area contributed by atoms with E-state index in [1.165, 1.54) is 12.1 Å². The van der Waals surface area contributed by atoms with Crippen molar-refractivity contribution in [2.75, 3.05) is 26.8 Å². The fourth-order valence-electron chi connectivity index (χ4n) is 1.37. The molecule has 0 aliphatic heterocycles. The predicted molar refractivity (Wildman–Crippen MR) is 66.2 cm³/mol. The predicted octanol–water partition coefficient (Wildman–Crippen LogP) is 2.48. The number of ether oxygens (including phenoxy) is 2. The summed E-state index contributed by atoms with van der Waals surface area (Å²) in [6.07, 6.45) is -0.152. The van der Waals surface area contributed by atoms with Crippen LogP contribution in [0.3, 0.4) is 0 Å². The SMILES string of the molecule is CCNCC(COC)Oc1ccc(Cl)c(F)c1. The lowest BCUT2D eigenvalue weighted by Gasteiger charge is -2.18. The molecule has 0 aliphatic carbocycles. The standard InChI is InChI=1S/C12H17ClFNO2/c1-3-15-7-10(8-16-2)17-9-4-5-11(13)12(14)6-9/h4-6,10,15H,3,7-8H2,1-2H3. The summed E-state index contributed by atoms with van der Waals surface area (Å²) in [6.45, 7) is 3.94. The summed E-state index contributed by atoms with van der Waals surface area (Å²) in [5, 5.41) is 3.24. The summed E-state index contributed by atoms with van der Waals surface area (Å²) in [4.78, 5) is 0. The molecule has 1 aromatic carbocycles. The van der Waals surface area contributed by atoms with Crippen LogP contribution in [0.15, 0.2) is 18.2 Å². The van der Waals surface area contributed by atoms with E-state index in [2.05, 4.69) is 5.32 Å². The van der Waals surface area contributed by atoms with Gasteiger partial charge in [-0.1, -0.05) is 18.5 Å². The largest absolute Gasteiger partial charge is 0.487 e. The van der Waals surface area contributed by atoms with Crippen molar-refractivity contribution in [1.82, 2.24) is 5.32 Å². The minimum absolute atomic E-state index is 0.0901. The number of benzene rings is 1. The minimum atomic E-state index is -0.483. The number of rotatable bonds is 7. The maximum absolute atomic E-state index is 13.2. The van der Waals surface area contributed by atoms with Gasteiger partial charge in [-0.3, -0.25) is 0 Å². The van der Waals surface area contributed by atoms with Crippen molar-refractivity contribution in [2.24, 2.45) is 0 Å². The number of hydrogen-bond donors (Lipinski definition) is 1. The zero-order chi connectivity index (χ0) is 12.7. The van der Waals surface area contributed by atoms with E-state index in [0.717, 1.165) is 6.54 Å². The van der Waals surface area contributed by atoms with E-state index < -0.39 is 5.82 Å². The van der Waals surface area contributed by atoms with Crippen molar-refractivity contribution in [1.29, 1.82) is 0 Å². The van der Waals surface area contributed by atoms with Crippen molar-refractivity contribution < 1.29 is 13.9 Å². The molecule has 0 heterocycles. The molecule has 17 heavy (non-hydrogen) atoms. The highest BCUT2D eigenvalue weighted by molar-refractivity contribution is 6.30. The Morgan fingerprint density at radius 3 is 2.82 bits per heavy atom. The van der Waals surface area contributed by atoms with Gasteiger partial charge in [0, 0.05) is 19.7 Å². The first-order chi connectivity index (χ1) is 8.17. The Morgan fingerprint density at radius 1 is 1.47 bits per heavy atom. The smallest absolute Gasteiger partial charge is 0.145 e. The zero-order valence-corrected chi connectivity index (χ0v) is 10.8. The van der Waals surface area contributed by atoms with Gasteiger partial charge in [0.1, 0.15) is 17.7 Å². The fraction of sp³-hybridized carbons (Fsp3) is 0.500. The first-order valence-corrected chi connectivity index (χ1v) is 5.86. The summed E-state index contributed by atoms with van der Waals surface area (Å²) < 4.78 is 23.9. The Hall–Kier alpha value is -0.840. The Morgan fingerprint density at radius 2 is 2.24 bits per heavy atom. The molecule has 0 radical (unpaired) electrons. The average Bonchev–Trinajstić information content (AvgIpc) is 2.31. The van der Waals surface area contributed by atoms with Gasteiger partial charge in [0.2, 0.25) is 0 Å². The molecule has 0 saturated heterocycles. The second-order valence-electron chi connectivity index (χ2n) is 3.58. The Labute approximate surface area is 106 Å². The molecule has 0 spiro atoms. The van der Waals surface area contributed by atoms with Gasteiger partial charge in [-0.05, 0) is 18.7 Å². The van der Waals surface area contributed by atoms with Gasteiger partial charge in [-0.25, -0.2) is 4.39 Å². The van der Waals surface area contributed by atoms with Crippen LogP contribution < -0.4 is 10.1 Å². The molecular weight excluding hydrogens is 245 g/mol. The lowest BCUT2D eigenvalue weighted by atomic mass is 10.3. The molecule has 0 fully saturated rings. The van der Waals surface area contributed by atoms with Gasteiger partial charge in [0.25, 0.3) is 0 Å². The van der Waals surface area contributed by atoms with Gasteiger partial charge in [0.15, 0.2) is 0 Å². The molecular formula is C12H17ClFNO2. The van der Waals surface area contributed by atoms with Crippen molar-refractivity contribution in [2.45, 2.75) is 13.0 Å². The number of hydrogen-bond acceptors (Lipinski definition) is 3. The van der Waals surface area contributed by atoms with Crippen LogP contribution >= 0.6 is 11.6 Å². The van der Waals surface area contributed by atoms with Crippen LogP contribution in [0.2, 0.25) is 5.02 Å². The minimum Gasteiger partial charge on any atom is -0.487 e. The van der Waals surface area contributed by atoms with E-state index in [4.69, 9.17) is 21.1 Å². The molecule has 1 rings (SSSR count). The molecule has 5 heteroatoms. The van der Waals surface area contributed by atoms with E-state index in [9.17, 15) is 4.39 Å². The third-order valence-corrected chi connectivity index (χ3v) is 2.47. The molecule has 0 saturated carbocycles. The topological polar surface area (TPSA) is 30.5 Å². The molecule has 0 aromatic heterocycles. The number of methoxy groups -OCH3 is 1. The lowest BCUT2D eigenvalue weighted by molar-refractivity contribution is 0.0807. The quantitative estimate of drug-likeness (QED) is 0.818. The summed E-state index contributed by atoms with van der Waals surface area (Å²) in [5.74, 6) is -0.0318. The molecule has 1 unspecified atom stereocenters. The molecule has 1 aromatic rings. The van der Waals surface area contributed by atoms with Gasteiger partial charge < -0.3 is 14.8 Å². The van der Waals surface area contributed by atoms with Crippen LogP contribution in [0, 0.1) is 5.82 Å². The second kappa shape index (κ2) is 7.48. The van der Waals surface area contributed by atoms with Gasteiger partial charge >= 0.3 is 0 Å². The number of likely N-dealkylation sites (N-methyl/N-ethyl adjacent to an activating group) is 1. The summed E-state index contributed by atoms with van der Waals surface area (Å²) in [5.41, 5.74) is 0. The van der Waals surface area contributed by atoms with Crippen molar-refractivity contribution >= 4 is 11.6 Å². The van der Waals surface area contributed by atoms with Crippen molar-refractivity contribution in [3.63, 3.8) is 0 Å². The van der Waals surface area contributed by atoms with E-state index in [-0.39, 0.29) is 11.1 Å². The Bertz CT molecular complexity index is 349. The molecule has 1 atom stereocenters. The molecule has 0 aliphatic rings. The fourth-order valence-corrected chi connectivity index (χ4v) is 1.49. The van der Waals surface area contributed by atoms with E-state index in [1.807, 2.05) is 6.92 Å². The first-order valence-electron chi connectivity index (χ1n) is 5.48. The summed E-state index contributed by atoms with van der Waals surface area (Å²) in [6, 6.07) is 4.39. The van der Waals surface area contributed by atoms with Crippen LogP contribution in [-0.2, 0) is 4.74 Å². The number of halogens is 2. The highest BCUT2D eigenvalue weighted by Crippen LogP contribution is 2.21. The van der Waals surface area contributed by atoms with E-state index >= 15 is 0 Å². The van der Waals surface area contributed by atoms with Crippen LogP contribution in [0.25, 0.3) is 0 Å². The summed E-state index contributed by atoms with van der Waals surface area (Å²) >= 11 is 5.59. The van der Waals surface area contributed by atoms with Crippen LogP contribution in [0.1, 0.15) is 6.92 Å². The van der Waals surface area contributed by atoms with Crippen LogP contribution in [-0.4, -0.2) is 32.9 Å². The maximum Gasteiger partial charge on any atom is 0.145 e.